The Kier molecular flexibility index (Phi) is 2.48. The molecule has 1 saturated heterocycles. The summed E-state index contributed by atoms with van der Waals surface area (Å²) >= 11 is 1.51. The van der Waals surface area contributed by atoms with E-state index in [1.165, 1.54) is 11.3 Å². The van der Waals surface area contributed by atoms with Crippen LogP contribution in [-0.2, 0) is 15.0 Å². The van der Waals surface area contributed by atoms with Gasteiger partial charge in [0.2, 0.25) is 5.91 Å². The van der Waals surface area contributed by atoms with Gasteiger partial charge in [0.1, 0.15) is 0 Å². The van der Waals surface area contributed by atoms with Crippen molar-refractivity contribution in [1.29, 1.82) is 0 Å². The fourth-order valence-electron chi connectivity index (χ4n) is 1.96. The highest BCUT2D eigenvalue weighted by atomic mass is 32.1. The van der Waals surface area contributed by atoms with Gasteiger partial charge in [0.15, 0.2) is 0 Å². The number of carbonyl (C=O) groups is 2. The molecule has 2 N–H and O–H groups in total. The van der Waals surface area contributed by atoms with E-state index in [2.05, 4.69) is 5.32 Å². The number of carboxylic acids is 1. The van der Waals surface area contributed by atoms with Gasteiger partial charge < -0.3 is 10.4 Å². The molecular formula is C10H11NO3S. The van der Waals surface area contributed by atoms with Crippen LogP contribution in [0.1, 0.15) is 17.7 Å². The van der Waals surface area contributed by atoms with Crippen LogP contribution in [0.4, 0.5) is 0 Å². The summed E-state index contributed by atoms with van der Waals surface area (Å²) in [5.74, 6) is -0.926. The van der Waals surface area contributed by atoms with Crippen molar-refractivity contribution in [3.63, 3.8) is 0 Å². The zero-order valence-corrected chi connectivity index (χ0v) is 8.84. The Morgan fingerprint density at radius 2 is 2.47 bits per heavy atom. The fourth-order valence-corrected chi connectivity index (χ4v) is 2.88. The predicted octanol–water partition coefficient (Wildman–Crippen LogP) is 0.980. The molecule has 0 saturated carbocycles. The first-order chi connectivity index (χ1) is 7.12. The van der Waals surface area contributed by atoms with Gasteiger partial charge in [-0.05, 0) is 11.4 Å². The van der Waals surface area contributed by atoms with Crippen LogP contribution in [0, 0.1) is 0 Å². The van der Waals surface area contributed by atoms with Gasteiger partial charge in [-0.3, -0.25) is 9.59 Å². The molecule has 1 aliphatic heterocycles. The largest absolute Gasteiger partial charge is 0.481 e. The van der Waals surface area contributed by atoms with Crippen molar-refractivity contribution < 1.29 is 14.7 Å². The van der Waals surface area contributed by atoms with Crippen LogP contribution >= 0.6 is 11.3 Å². The van der Waals surface area contributed by atoms with Crippen LogP contribution in [0.2, 0.25) is 0 Å². The van der Waals surface area contributed by atoms with Crippen molar-refractivity contribution in [2.24, 2.45) is 0 Å². The number of amides is 1. The zero-order chi connectivity index (χ0) is 10.9. The molecule has 0 aliphatic carbocycles. The van der Waals surface area contributed by atoms with E-state index in [1.54, 1.807) is 0 Å². The summed E-state index contributed by atoms with van der Waals surface area (Å²) in [5, 5.41) is 13.5. The molecule has 0 aromatic carbocycles. The van der Waals surface area contributed by atoms with Crippen molar-refractivity contribution in [3.8, 4) is 0 Å². The topological polar surface area (TPSA) is 66.4 Å². The van der Waals surface area contributed by atoms with E-state index in [0.29, 0.717) is 6.54 Å². The Balaban J connectivity index is 2.31. The van der Waals surface area contributed by atoms with Gasteiger partial charge in [0, 0.05) is 23.3 Å². The lowest BCUT2D eigenvalue weighted by atomic mass is 9.82. The van der Waals surface area contributed by atoms with Gasteiger partial charge in [0.25, 0.3) is 0 Å². The normalized spacial score (nSPS) is 25.2. The summed E-state index contributed by atoms with van der Waals surface area (Å²) in [4.78, 5) is 23.0. The molecular weight excluding hydrogens is 214 g/mol. The third-order valence-electron chi connectivity index (χ3n) is 2.66. The van der Waals surface area contributed by atoms with Crippen LogP contribution in [-0.4, -0.2) is 23.5 Å². The number of carbonyl (C=O) groups excluding carboxylic acids is 1. The smallest absolute Gasteiger partial charge is 0.304 e. The molecule has 1 atom stereocenters. The number of rotatable bonds is 3. The number of carboxylic acid groups (broad SMARTS) is 1. The van der Waals surface area contributed by atoms with Crippen LogP contribution in [0.5, 0.6) is 0 Å². The maximum Gasteiger partial charge on any atom is 0.304 e. The Morgan fingerprint density at radius 3 is 2.93 bits per heavy atom. The van der Waals surface area contributed by atoms with E-state index in [9.17, 15) is 9.59 Å². The Morgan fingerprint density at radius 1 is 1.67 bits per heavy atom. The maximum atomic E-state index is 11.2. The van der Waals surface area contributed by atoms with Gasteiger partial charge >= 0.3 is 5.97 Å². The van der Waals surface area contributed by atoms with Crippen molar-refractivity contribution >= 4 is 23.2 Å². The minimum atomic E-state index is -0.861. The molecule has 2 rings (SSSR count). The summed E-state index contributed by atoms with van der Waals surface area (Å²) in [5.41, 5.74) is -0.531. The third kappa shape index (κ3) is 1.87. The molecule has 15 heavy (non-hydrogen) atoms. The van der Waals surface area contributed by atoms with Crippen molar-refractivity contribution in [1.82, 2.24) is 5.32 Å². The minimum Gasteiger partial charge on any atom is -0.481 e. The first-order valence-electron chi connectivity index (χ1n) is 4.65. The van der Waals surface area contributed by atoms with Crippen LogP contribution in [0.15, 0.2) is 17.5 Å². The second-order valence-electron chi connectivity index (χ2n) is 3.78. The van der Waals surface area contributed by atoms with Crippen LogP contribution in [0.25, 0.3) is 0 Å². The predicted molar refractivity (Wildman–Crippen MR) is 55.9 cm³/mol. The second kappa shape index (κ2) is 3.66. The van der Waals surface area contributed by atoms with Crippen LogP contribution in [0.3, 0.4) is 0 Å². The summed E-state index contributed by atoms with van der Waals surface area (Å²) in [6.07, 6.45) is 0.284. The first kappa shape index (κ1) is 10.2. The number of thiophene rings is 1. The monoisotopic (exact) mass is 225 g/mol. The molecule has 0 spiro atoms. The highest BCUT2D eigenvalue weighted by Gasteiger charge is 2.42. The summed E-state index contributed by atoms with van der Waals surface area (Å²) in [7, 11) is 0. The lowest BCUT2D eigenvalue weighted by Gasteiger charge is -2.23. The van der Waals surface area contributed by atoms with E-state index < -0.39 is 11.4 Å². The van der Waals surface area contributed by atoms with Crippen molar-refractivity contribution in [2.75, 3.05) is 6.54 Å². The average molecular weight is 225 g/mol. The molecule has 1 fully saturated rings. The molecule has 1 unspecified atom stereocenters. The molecule has 1 aromatic heterocycles. The highest BCUT2D eigenvalue weighted by molar-refractivity contribution is 7.10. The van der Waals surface area contributed by atoms with Crippen LogP contribution < -0.4 is 5.32 Å². The Hall–Kier alpha value is -1.36. The minimum absolute atomic E-state index is 0.00620. The first-order valence-corrected chi connectivity index (χ1v) is 5.53. The van der Waals surface area contributed by atoms with E-state index in [4.69, 9.17) is 5.11 Å². The number of hydrogen-bond acceptors (Lipinski definition) is 3. The fraction of sp³-hybridized carbons (Fsp3) is 0.400. The van der Waals surface area contributed by atoms with Gasteiger partial charge in [-0.1, -0.05) is 6.07 Å². The Labute approximate surface area is 90.9 Å². The Bertz CT molecular complexity index is 387. The van der Waals surface area contributed by atoms with Crippen molar-refractivity contribution in [2.45, 2.75) is 18.3 Å². The third-order valence-corrected chi connectivity index (χ3v) is 3.77. The molecule has 4 nitrogen and oxygen atoms in total. The highest BCUT2D eigenvalue weighted by Crippen LogP contribution is 2.37. The molecule has 80 valence electrons. The SMILES string of the molecule is O=C(O)CC1(c2cccs2)CNC(=O)C1. The maximum absolute atomic E-state index is 11.2. The molecule has 2 heterocycles. The van der Waals surface area contributed by atoms with Gasteiger partial charge in [-0.15, -0.1) is 11.3 Å². The summed E-state index contributed by atoms with van der Waals surface area (Å²) in [6, 6.07) is 3.78. The van der Waals surface area contributed by atoms with E-state index >= 15 is 0 Å². The molecule has 1 aromatic rings. The van der Waals surface area contributed by atoms with Gasteiger partial charge in [-0.25, -0.2) is 0 Å². The van der Waals surface area contributed by atoms with Gasteiger partial charge in [-0.2, -0.15) is 0 Å². The molecule has 5 heteroatoms. The number of aliphatic carboxylic acids is 1. The quantitative estimate of drug-likeness (QED) is 0.805. The lowest BCUT2D eigenvalue weighted by Crippen LogP contribution is -2.30. The summed E-state index contributed by atoms with van der Waals surface area (Å²) < 4.78 is 0. The lowest BCUT2D eigenvalue weighted by molar-refractivity contribution is -0.138. The zero-order valence-electron chi connectivity index (χ0n) is 8.03. The molecule has 1 aliphatic rings. The molecule has 1 amide bonds. The molecule has 0 radical (unpaired) electrons. The van der Waals surface area contributed by atoms with Crippen molar-refractivity contribution in [3.05, 3.63) is 22.4 Å². The number of hydrogen-bond donors (Lipinski definition) is 2. The number of nitrogens with one attached hydrogen (secondary N) is 1. The standard InChI is InChI=1S/C10H11NO3S/c12-8-4-10(6-11-8,5-9(13)14)7-2-1-3-15-7/h1-3H,4-6H2,(H,11,12)(H,13,14). The summed E-state index contributed by atoms with van der Waals surface area (Å²) in [6.45, 7) is 0.429. The molecule has 0 bridgehead atoms. The van der Waals surface area contributed by atoms with Gasteiger partial charge in [0.05, 0.1) is 6.42 Å². The average Bonchev–Trinajstić information content (AvgIpc) is 2.74. The van der Waals surface area contributed by atoms with E-state index in [-0.39, 0.29) is 18.7 Å². The van der Waals surface area contributed by atoms with E-state index in [1.807, 2.05) is 17.5 Å². The van der Waals surface area contributed by atoms with E-state index in [0.717, 1.165) is 4.88 Å². The second-order valence-corrected chi connectivity index (χ2v) is 4.73.